The van der Waals surface area contributed by atoms with Crippen molar-refractivity contribution in [2.75, 3.05) is 6.61 Å². The predicted molar refractivity (Wildman–Crippen MR) is 133 cm³/mol. The summed E-state index contributed by atoms with van der Waals surface area (Å²) >= 11 is 0. The number of aliphatic hydroxyl groups excluding tert-OH is 4. The first-order chi connectivity index (χ1) is 18.2. The van der Waals surface area contributed by atoms with Gasteiger partial charge in [-0.3, -0.25) is 14.9 Å². The number of aliphatic hydroxyl groups is 4. The molecule has 0 bridgehead atoms. The second-order valence-corrected chi connectivity index (χ2v) is 9.65. The van der Waals surface area contributed by atoms with Gasteiger partial charge in [-0.25, -0.2) is 0 Å². The molecular weight excluding hydrogens is 498 g/mol. The predicted octanol–water partition coefficient (Wildman–Crippen LogP) is 0.696. The van der Waals surface area contributed by atoms with E-state index in [1.807, 2.05) is 0 Å². The van der Waals surface area contributed by atoms with Gasteiger partial charge < -0.3 is 44.9 Å². The molecule has 0 unspecified atom stereocenters. The van der Waals surface area contributed by atoms with Gasteiger partial charge in [-0.05, 0) is 36.4 Å². The zero-order valence-electron chi connectivity index (χ0n) is 19.4. The summed E-state index contributed by atoms with van der Waals surface area (Å²) in [5, 5.41) is 66.1. The molecule has 0 aliphatic carbocycles. The highest BCUT2D eigenvalue weighted by Crippen LogP contribution is 2.47. The van der Waals surface area contributed by atoms with E-state index in [9.17, 15) is 40.2 Å². The number of H-pyrrole nitrogens is 1. The molecule has 2 aliphatic heterocycles. The van der Waals surface area contributed by atoms with Crippen LogP contribution in [-0.2, 0) is 4.74 Å². The molecule has 0 spiro atoms. The van der Waals surface area contributed by atoms with Gasteiger partial charge in [-0.2, -0.15) is 0 Å². The summed E-state index contributed by atoms with van der Waals surface area (Å²) in [4.78, 5) is 29.5. The first-order valence-electron chi connectivity index (χ1n) is 11.8. The molecule has 4 heterocycles. The van der Waals surface area contributed by atoms with E-state index in [1.54, 1.807) is 6.07 Å². The van der Waals surface area contributed by atoms with E-state index in [4.69, 9.17) is 4.74 Å². The monoisotopic (exact) mass is 519 g/mol. The molecule has 2 aliphatic rings. The number of aromatic amines is 1. The number of carbonyl (C=O) groups excluding carboxylic acids is 2. The molecule has 194 valence electrons. The lowest BCUT2D eigenvalue weighted by atomic mass is 9.96. The van der Waals surface area contributed by atoms with Gasteiger partial charge in [0.1, 0.15) is 35.9 Å². The third-order valence-corrected chi connectivity index (χ3v) is 7.56. The molecule has 2 aromatic heterocycles. The van der Waals surface area contributed by atoms with Crippen molar-refractivity contribution in [3.8, 4) is 11.5 Å². The van der Waals surface area contributed by atoms with Crippen LogP contribution in [0.3, 0.4) is 0 Å². The van der Waals surface area contributed by atoms with Gasteiger partial charge >= 0.3 is 0 Å². The second-order valence-electron chi connectivity index (χ2n) is 9.65. The Bertz CT molecular complexity index is 1850. The average Bonchev–Trinajstić information content (AvgIpc) is 3.51. The topological polar surface area (TPSA) is 197 Å². The number of fused-ring (bicyclic) bond motifs is 10. The van der Waals surface area contributed by atoms with Crippen LogP contribution in [0.1, 0.15) is 26.9 Å². The minimum Gasteiger partial charge on any atom is -0.508 e. The van der Waals surface area contributed by atoms with Crippen LogP contribution < -0.4 is 5.32 Å². The number of amides is 2. The highest BCUT2D eigenvalue weighted by Gasteiger charge is 2.46. The van der Waals surface area contributed by atoms with Crippen molar-refractivity contribution in [1.82, 2.24) is 14.9 Å². The Morgan fingerprint density at radius 2 is 1.50 bits per heavy atom. The van der Waals surface area contributed by atoms with Crippen molar-refractivity contribution in [3.05, 3.63) is 47.5 Å². The molecular formula is C26H21N3O9. The highest BCUT2D eigenvalue weighted by atomic mass is 16.6. The number of hydrogen-bond acceptors (Lipinski definition) is 9. The number of aromatic hydroxyl groups is 2. The number of ether oxygens (including phenoxy) is 1. The van der Waals surface area contributed by atoms with Gasteiger partial charge in [-0.1, -0.05) is 0 Å². The molecule has 8 N–H and O–H groups in total. The fourth-order valence-electron chi connectivity index (χ4n) is 5.91. The molecule has 5 aromatic rings. The lowest BCUT2D eigenvalue weighted by molar-refractivity contribution is -0.249. The number of nitrogens with one attached hydrogen (secondary N) is 2. The fraction of sp³-hybridized carbons (Fsp3) is 0.231. The Hall–Kier alpha value is -4.20. The van der Waals surface area contributed by atoms with E-state index < -0.39 is 49.1 Å². The van der Waals surface area contributed by atoms with E-state index >= 15 is 0 Å². The minimum absolute atomic E-state index is 0.0423. The largest absolute Gasteiger partial charge is 0.508 e. The second kappa shape index (κ2) is 7.66. The van der Waals surface area contributed by atoms with Gasteiger partial charge in [0.05, 0.1) is 34.3 Å². The molecule has 1 saturated heterocycles. The molecule has 1 fully saturated rings. The van der Waals surface area contributed by atoms with Crippen LogP contribution in [-0.4, -0.2) is 83.0 Å². The first kappa shape index (κ1) is 23.0. The number of benzene rings is 3. The van der Waals surface area contributed by atoms with Crippen molar-refractivity contribution in [2.45, 2.75) is 30.6 Å². The van der Waals surface area contributed by atoms with Crippen LogP contribution in [0.25, 0.3) is 43.6 Å². The molecule has 5 atom stereocenters. The molecule has 0 radical (unpaired) electrons. The third-order valence-electron chi connectivity index (χ3n) is 7.56. The zero-order valence-corrected chi connectivity index (χ0v) is 19.4. The smallest absolute Gasteiger partial charge is 0.259 e. The Balaban J connectivity index is 1.72. The maximum absolute atomic E-state index is 13.2. The number of nitrogens with zero attached hydrogens (tertiary/aromatic N) is 1. The Morgan fingerprint density at radius 1 is 0.842 bits per heavy atom. The maximum atomic E-state index is 13.2. The van der Waals surface area contributed by atoms with E-state index in [1.165, 1.54) is 34.9 Å². The summed E-state index contributed by atoms with van der Waals surface area (Å²) in [5.41, 5.74) is 1.74. The van der Waals surface area contributed by atoms with E-state index in [2.05, 4.69) is 10.3 Å². The van der Waals surface area contributed by atoms with Gasteiger partial charge in [0.15, 0.2) is 6.23 Å². The molecule has 2 amide bonds. The third kappa shape index (κ3) is 2.80. The maximum Gasteiger partial charge on any atom is 0.259 e. The van der Waals surface area contributed by atoms with Crippen molar-refractivity contribution in [2.24, 2.45) is 0 Å². The van der Waals surface area contributed by atoms with Crippen LogP contribution in [0.4, 0.5) is 0 Å². The van der Waals surface area contributed by atoms with E-state index in [0.29, 0.717) is 38.2 Å². The van der Waals surface area contributed by atoms with Crippen LogP contribution in [0.2, 0.25) is 0 Å². The standard InChI is InChI=1S/C26H21N3O9/c30-7-14-21(33)22(34)23(35)26(38-14)29-13-4-2-9(32)6-11(13)16-18-17(24(36)28-25(18)37)15-10-5-8(31)1-3-12(10)27-19(15)20(16)29/h1-6,14,21-23,26-27,30-35H,7H2,(H,28,36,37)/t14-,21-,22+,23-,26-/m1/s1. The number of aromatic nitrogens is 2. The Labute approximate surface area is 211 Å². The summed E-state index contributed by atoms with van der Waals surface area (Å²) < 4.78 is 7.41. The molecule has 0 saturated carbocycles. The molecule has 12 nitrogen and oxygen atoms in total. The summed E-state index contributed by atoms with van der Waals surface area (Å²) in [6.07, 6.45) is -7.49. The quantitative estimate of drug-likeness (QED) is 0.155. The SMILES string of the molecule is O=C1NC(=O)c2c1c1c3cc(O)ccc3[nH]c1c1c2c2cc(O)ccc2n1[C@@H]1O[C@H](CO)[C@@H](O)[C@H](O)[C@H]1O. The summed E-state index contributed by atoms with van der Waals surface area (Å²) in [7, 11) is 0. The number of imide groups is 1. The van der Waals surface area contributed by atoms with Gasteiger partial charge in [-0.15, -0.1) is 0 Å². The minimum atomic E-state index is -1.68. The highest BCUT2D eigenvalue weighted by molar-refractivity contribution is 6.39. The molecule has 12 heteroatoms. The number of phenolic OH excluding ortho intramolecular Hbond substituents is 2. The summed E-state index contributed by atoms with van der Waals surface area (Å²) in [5.74, 6) is -1.47. The normalized spacial score (nSPS) is 25.6. The van der Waals surface area contributed by atoms with E-state index in [-0.39, 0.29) is 28.0 Å². The number of rotatable bonds is 2. The van der Waals surface area contributed by atoms with Crippen molar-refractivity contribution in [3.63, 3.8) is 0 Å². The number of carbonyl (C=O) groups is 2. The zero-order chi connectivity index (χ0) is 26.6. The Kier molecular flexibility index (Phi) is 4.63. The van der Waals surface area contributed by atoms with Crippen LogP contribution in [0, 0.1) is 0 Å². The van der Waals surface area contributed by atoms with Crippen LogP contribution in [0.15, 0.2) is 36.4 Å². The van der Waals surface area contributed by atoms with Crippen LogP contribution >= 0.6 is 0 Å². The lowest BCUT2D eigenvalue weighted by Crippen LogP contribution is -2.56. The van der Waals surface area contributed by atoms with Crippen molar-refractivity contribution < 1.29 is 45.0 Å². The van der Waals surface area contributed by atoms with Gasteiger partial charge in [0, 0.05) is 27.1 Å². The van der Waals surface area contributed by atoms with E-state index in [0.717, 1.165) is 0 Å². The lowest BCUT2D eigenvalue weighted by Gasteiger charge is -2.41. The molecule has 3 aromatic carbocycles. The van der Waals surface area contributed by atoms with Crippen molar-refractivity contribution >= 4 is 55.4 Å². The molecule has 38 heavy (non-hydrogen) atoms. The van der Waals surface area contributed by atoms with Crippen LogP contribution in [0.5, 0.6) is 11.5 Å². The first-order valence-corrected chi connectivity index (χ1v) is 11.8. The van der Waals surface area contributed by atoms with Crippen molar-refractivity contribution in [1.29, 1.82) is 0 Å². The number of phenols is 2. The number of hydrogen-bond donors (Lipinski definition) is 8. The van der Waals surface area contributed by atoms with Gasteiger partial charge in [0.25, 0.3) is 11.8 Å². The Morgan fingerprint density at radius 3 is 2.21 bits per heavy atom. The fourth-order valence-corrected chi connectivity index (χ4v) is 5.91. The summed E-state index contributed by atoms with van der Waals surface area (Å²) in [6, 6.07) is 8.88. The average molecular weight is 519 g/mol. The summed E-state index contributed by atoms with van der Waals surface area (Å²) in [6.45, 7) is -0.646. The molecule has 7 rings (SSSR count). The van der Waals surface area contributed by atoms with Gasteiger partial charge in [0.2, 0.25) is 0 Å².